The molecular formula is C12H11ClN4S. The van der Waals surface area contributed by atoms with Crippen molar-refractivity contribution >= 4 is 33.0 Å². The number of fused-ring (bicyclic) bond motifs is 1. The number of hydrogen-bond donors (Lipinski definition) is 1. The van der Waals surface area contributed by atoms with Crippen LogP contribution in [0.25, 0.3) is 4.96 Å². The molecule has 0 aliphatic rings. The number of halogens is 1. The summed E-state index contributed by atoms with van der Waals surface area (Å²) in [7, 11) is 0. The normalized spacial score (nSPS) is 11.0. The molecule has 0 radical (unpaired) electrons. The van der Waals surface area contributed by atoms with Gasteiger partial charge in [0.15, 0.2) is 0 Å². The van der Waals surface area contributed by atoms with E-state index in [0.29, 0.717) is 6.54 Å². The molecule has 0 bridgehead atoms. The van der Waals surface area contributed by atoms with Gasteiger partial charge < -0.3 is 5.32 Å². The molecule has 0 unspecified atom stereocenters. The first kappa shape index (κ1) is 11.5. The molecule has 18 heavy (non-hydrogen) atoms. The molecule has 0 atom stereocenters. The van der Waals surface area contributed by atoms with Gasteiger partial charge in [0, 0.05) is 11.6 Å². The van der Waals surface area contributed by atoms with E-state index in [9.17, 15) is 0 Å². The minimum Gasteiger partial charge on any atom is -0.356 e. The topological polar surface area (TPSA) is 42.2 Å². The lowest BCUT2D eigenvalue weighted by Crippen LogP contribution is -2.00. The van der Waals surface area contributed by atoms with E-state index in [2.05, 4.69) is 15.4 Å². The van der Waals surface area contributed by atoms with Crippen LogP contribution in [-0.2, 0) is 6.54 Å². The van der Waals surface area contributed by atoms with E-state index in [1.807, 2.05) is 37.4 Å². The zero-order chi connectivity index (χ0) is 12.5. The first-order chi connectivity index (χ1) is 8.72. The Morgan fingerprint density at radius 3 is 3.00 bits per heavy atom. The third-order valence-corrected chi connectivity index (χ3v) is 3.80. The van der Waals surface area contributed by atoms with Crippen LogP contribution in [0.1, 0.15) is 11.3 Å². The van der Waals surface area contributed by atoms with E-state index in [4.69, 9.17) is 11.6 Å². The highest BCUT2D eigenvalue weighted by molar-refractivity contribution is 7.20. The highest BCUT2D eigenvalue weighted by Crippen LogP contribution is 2.21. The molecule has 1 aromatic carbocycles. The van der Waals surface area contributed by atoms with Crippen molar-refractivity contribution < 1.29 is 0 Å². The first-order valence-corrected chi connectivity index (χ1v) is 6.72. The maximum Gasteiger partial charge on any atom is 0.214 e. The minimum absolute atomic E-state index is 0.662. The smallest absolute Gasteiger partial charge is 0.214 e. The molecule has 0 saturated heterocycles. The zero-order valence-electron chi connectivity index (χ0n) is 9.72. The third kappa shape index (κ3) is 2.19. The fraction of sp³-hybridized carbons (Fsp3) is 0.167. The van der Waals surface area contributed by atoms with E-state index in [0.717, 1.165) is 26.4 Å². The number of imidazole rings is 1. The molecule has 0 aliphatic heterocycles. The molecule has 0 saturated carbocycles. The molecule has 2 heterocycles. The van der Waals surface area contributed by atoms with Crippen LogP contribution < -0.4 is 5.32 Å². The van der Waals surface area contributed by atoms with Gasteiger partial charge in [-0.3, -0.25) is 0 Å². The Morgan fingerprint density at radius 1 is 1.39 bits per heavy atom. The third-order valence-electron chi connectivity index (χ3n) is 2.55. The summed E-state index contributed by atoms with van der Waals surface area (Å²) in [6.45, 7) is 2.62. The predicted molar refractivity (Wildman–Crippen MR) is 74.4 cm³/mol. The number of benzene rings is 1. The van der Waals surface area contributed by atoms with Gasteiger partial charge in [0.05, 0.1) is 11.9 Å². The Labute approximate surface area is 113 Å². The molecule has 0 spiro atoms. The molecular weight excluding hydrogens is 268 g/mol. The highest BCUT2D eigenvalue weighted by Gasteiger charge is 2.06. The summed E-state index contributed by atoms with van der Waals surface area (Å²) in [5, 5.41) is 9.27. The van der Waals surface area contributed by atoms with Crippen LogP contribution in [0.4, 0.5) is 5.13 Å². The average molecular weight is 279 g/mol. The van der Waals surface area contributed by atoms with E-state index < -0.39 is 0 Å². The molecule has 0 amide bonds. The Bertz CT molecular complexity index is 657. The second-order valence-corrected chi connectivity index (χ2v) is 5.32. The Kier molecular flexibility index (Phi) is 2.93. The fourth-order valence-electron chi connectivity index (χ4n) is 1.69. The lowest BCUT2D eigenvalue weighted by atomic mass is 10.2. The molecule has 2 aromatic heterocycles. The second kappa shape index (κ2) is 4.59. The molecule has 4 nitrogen and oxygen atoms in total. The Morgan fingerprint density at radius 2 is 2.22 bits per heavy atom. The Hall–Kier alpha value is -1.59. The molecule has 6 heteroatoms. The lowest BCUT2D eigenvalue weighted by molar-refractivity contribution is 0.959. The van der Waals surface area contributed by atoms with Crippen LogP contribution in [0.2, 0.25) is 5.02 Å². The van der Waals surface area contributed by atoms with Crippen LogP contribution >= 0.6 is 22.9 Å². The van der Waals surface area contributed by atoms with E-state index in [-0.39, 0.29) is 0 Å². The van der Waals surface area contributed by atoms with E-state index in [1.165, 1.54) is 11.3 Å². The first-order valence-electron chi connectivity index (χ1n) is 5.52. The standard InChI is InChI=1S/C12H11ClN4S/c1-8-7-17-12(15-8)18-11(16-17)14-6-9-4-2-3-5-10(9)13/h2-5,7H,6H2,1H3,(H,14,16). The highest BCUT2D eigenvalue weighted by atomic mass is 35.5. The van der Waals surface area contributed by atoms with Crippen LogP contribution in [0, 0.1) is 6.92 Å². The molecule has 0 aliphatic carbocycles. The van der Waals surface area contributed by atoms with Gasteiger partial charge in [-0.2, -0.15) is 0 Å². The van der Waals surface area contributed by atoms with E-state index in [1.54, 1.807) is 4.52 Å². The summed E-state index contributed by atoms with van der Waals surface area (Å²) >= 11 is 7.62. The van der Waals surface area contributed by atoms with Crippen molar-refractivity contribution in [3.63, 3.8) is 0 Å². The maximum atomic E-state index is 6.09. The van der Waals surface area contributed by atoms with Crippen LogP contribution in [0.5, 0.6) is 0 Å². The van der Waals surface area contributed by atoms with Gasteiger partial charge >= 0.3 is 0 Å². The van der Waals surface area contributed by atoms with Crippen molar-refractivity contribution in [1.82, 2.24) is 14.6 Å². The summed E-state index contributed by atoms with van der Waals surface area (Å²) in [6, 6.07) is 7.78. The van der Waals surface area contributed by atoms with Gasteiger partial charge in [-0.1, -0.05) is 41.1 Å². The van der Waals surface area contributed by atoms with Crippen molar-refractivity contribution in [3.05, 3.63) is 46.7 Å². The number of aromatic nitrogens is 3. The van der Waals surface area contributed by atoms with Gasteiger partial charge in [0.1, 0.15) is 0 Å². The molecule has 3 rings (SSSR count). The van der Waals surface area contributed by atoms with Gasteiger partial charge in [-0.05, 0) is 18.6 Å². The molecule has 0 fully saturated rings. The summed E-state index contributed by atoms with van der Waals surface area (Å²) in [6.07, 6.45) is 1.91. The van der Waals surface area contributed by atoms with Gasteiger partial charge in [-0.25, -0.2) is 9.50 Å². The summed E-state index contributed by atoms with van der Waals surface area (Å²) in [5.41, 5.74) is 2.04. The second-order valence-electron chi connectivity index (χ2n) is 3.96. The largest absolute Gasteiger partial charge is 0.356 e. The number of anilines is 1. The van der Waals surface area contributed by atoms with Crippen molar-refractivity contribution in [2.24, 2.45) is 0 Å². The number of aryl methyl sites for hydroxylation is 1. The molecule has 92 valence electrons. The summed E-state index contributed by atoms with van der Waals surface area (Å²) in [4.78, 5) is 5.26. The molecule has 1 N–H and O–H groups in total. The lowest BCUT2D eigenvalue weighted by Gasteiger charge is -2.03. The van der Waals surface area contributed by atoms with E-state index >= 15 is 0 Å². The maximum absolute atomic E-state index is 6.09. The predicted octanol–water partition coefficient (Wildman–Crippen LogP) is 3.36. The SMILES string of the molecule is Cc1cn2nc(NCc3ccccc3Cl)sc2n1. The van der Waals surface area contributed by atoms with Crippen molar-refractivity contribution in [1.29, 1.82) is 0 Å². The minimum atomic E-state index is 0.662. The Balaban J connectivity index is 1.76. The summed E-state index contributed by atoms with van der Waals surface area (Å²) in [5.74, 6) is 0. The fourth-order valence-corrected chi connectivity index (χ4v) is 2.72. The van der Waals surface area contributed by atoms with Gasteiger partial charge in [-0.15, -0.1) is 5.10 Å². The van der Waals surface area contributed by atoms with Gasteiger partial charge in [0.2, 0.25) is 10.1 Å². The number of nitrogens with one attached hydrogen (secondary N) is 1. The van der Waals surface area contributed by atoms with Crippen LogP contribution in [-0.4, -0.2) is 14.6 Å². The van der Waals surface area contributed by atoms with Crippen molar-refractivity contribution in [2.45, 2.75) is 13.5 Å². The quantitative estimate of drug-likeness (QED) is 0.799. The molecule has 3 aromatic rings. The zero-order valence-corrected chi connectivity index (χ0v) is 11.3. The number of hydrogen-bond acceptors (Lipinski definition) is 4. The number of nitrogens with zero attached hydrogens (tertiary/aromatic N) is 3. The monoisotopic (exact) mass is 278 g/mol. The van der Waals surface area contributed by atoms with Crippen LogP contribution in [0.3, 0.4) is 0 Å². The summed E-state index contributed by atoms with van der Waals surface area (Å²) < 4.78 is 1.79. The van der Waals surface area contributed by atoms with Crippen LogP contribution in [0.15, 0.2) is 30.5 Å². The average Bonchev–Trinajstić information content (AvgIpc) is 2.84. The van der Waals surface area contributed by atoms with Crippen molar-refractivity contribution in [2.75, 3.05) is 5.32 Å². The van der Waals surface area contributed by atoms with Crippen molar-refractivity contribution in [3.8, 4) is 0 Å². The number of rotatable bonds is 3. The van der Waals surface area contributed by atoms with Gasteiger partial charge in [0.25, 0.3) is 0 Å².